The quantitative estimate of drug-likeness (QED) is 0.588. The zero-order valence-corrected chi connectivity index (χ0v) is 17.4. The summed E-state index contributed by atoms with van der Waals surface area (Å²) in [4.78, 5) is 1.67. The van der Waals surface area contributed by atoms with Gasteiger partial charge in [-0.25, -0.2) is 21.9 Å². The van der Waals surface area contributed by atoms with E-state index in [4.69, 9.17) is 0 Å². The number of hydrogen-bond donors (Lipinski definition) is 1. The van der Waals surface area contributed by atoms with E-state index < -0.39 is 39.1 Å². The number of anilines is 1. The van der Waals surface area contributed by atoms with E-state index >= 15 is 0 Å². The predicted octanol–water partition coefficient (Wildman–Crippen LogP) is 3.11. The van der Waals surface area contributed by atoms with Gasteiger partial charge in [0.25, 0.3) is 0 Å². The lowest BCUT2D eigenvalue weighted by molar-refractivity contribution is -0.140. The molecule has 1 fully saturated rings. The molecule has 0 amide bonds. The summed E-state index contributed by atoms with van der Waals surface area (Å²) >= 11 is 0. The van der Waals surface area contributed by atoms with E-state index in [1.165, 1.54) is 16.6 Å². The van der Waals surface area contributed by atoms with Crippen LogP contribution in [0.15, 0.2) is 30.5 Å². The highest BCUT2D eigenvalue weighted by atomic mass is 32.2. The highest BCUT2D eigenvalue weighted by molar-refractivity contribution is 7.88. The Kier molecular flexibility index (Phi) is 5.28. The lowest BCUT2D eigenvalue weighted by Gasteiger charge is -2.34. The summed E-state index contributed by atoms with van der Waals surface area (Å²) in [7, 11) is -3.35. The number of halogens is 5. The molecule has 172 valence electrons. The summed E-state index contributed by atoms with van der Waals surface area (Å²) in [6, 6.07) is 3.79. The van der Waals surface area contributed by atoms with Crippen LogP contribution in [0.3, 0.4) is 0 Å². The number of benzene rings is 2. The molecule has 0 spiro atoms. The van der Waals surface area contributed by atoms with Crippen molar-refractivity contribution in [3.63, 3.8) is 0 Å². The Morgan fingerprint density at radius 3 is 2.28 bits per heavy atom. The molecular formula is C19H17F5N4O3S. The van der Waals surface area contributed by atoms with Crippen molar-refractivity contribution in [3.8, 4) is 11.4 Å². The van der Waals surface area contributed by atoms with E-state index in [2.05, 4.69) is 5.10 Å². The normalized spacial score (nSPS) is 16.1. The van der Waals surface area contributed by atoms with E-state index in [-0.39, 0.29) is 43.1 Å². The van der Waals surface area contributed by atoms with E-state index in [1.807, 2.05) is 0 Å². The average Bonchev–Trinajstić information content (AvgIpc) is 3.10. The number of aromatic nitrogens is 2. The second-order valence-electron chi connectivity index (χ2n) is 7.39. The second-order valence-corrected chi connectivity index (χ2v) is 9.37. The molecule has 0 aliphatic carbocycles. The highest BCUT2D eigenvalue weighted by Crippen LogP contribution is 2.37. The standard InChI is InChI=1S/C19H17F5N4O3S/c1-32(30,31)27-4-2-26(3-5-27)16-6-11-10-25-28(15(11)9-14(16)20)12-7-13(19(22,23)24)18(21)17(29)8-12/h6-10,29H,2-5H2,1H3. The van der Waals surface area contributed by atoms with Crippen molar-refractivity contribution >= 4 is 26.6 Å². The van der Waals surface area contributed by atoms with Gasteiger partial charge in [0.1, 0.15) is 5.82 Å². The van der Waals surface area contributed by atoms with Crippen molar-refractivity contribution in [2.45, 2.75) is 6.18 Å². The number of hydrogen-bond acceptors (Lipinski definition) is 5. The van der Waals surface area contributed by atoms with Crippen molar-refractivity contribution < 1.29 is 35.5 Å². The molecule has 7 nitrogen and oxygen atoms in total. The number of nitrogens with zero attached hydrogens (tertiary/aromatic N) is 4. The molecule has 0 atom stereocenters. The first kappa shape index (κ1) is 22.3. The van der Waals surface area contributed by atoms with Crippen LogP contribution in [0.25, 0.3) is 16.6 Å². The maximum Gasteiger partial charge on any atom is 0.419 e. The molecule has 32 heavy (non-hydrogen) atoms. The molecule has 2 heterocycles. The molecule has 1 aliphatic heterocycles. The zero-order valence-electron chi connectivity index (χ0n) is 16.6. The Morgan fingerprint density at radius 2 is 1.69 bits per heavy atom. The van der Waals surface area contributed by atoms with Gasteiger partial charge in [0.15, 0.2) is 11.6 Å². The van der Waals surface area contributed by atoms with Gasteiger partial charge in [-0.3, -0.25) is 0 Å². The van der Waals surface area contributed by atoms with Crippen molar-refractivity contribution in [3.05, 3.63) is 47.7 Å². The molecule has 0 radical (unpaired) electrons. The minimum Gasteiger partial charge on any atom is -0.505 e. The number of aromatic hydroxyl groups is 1. The molecular weight excluding hydrogens is 459 g/mol. The van der Waals surface area contributed by atoms with Gasteiger partial charge in [0.2, 0.25) is 10.0 Å². The van der Waals surface area contributed by atoms with Crippen LogP contribution in [0.5, 0.6) is 5.75 Å². The maximum atomic E-state index is 14.9. The molecule has 1 aromatic heterocycles. The van der Waals surface area contributed by atoms with Crippen LogP contribution >= 0.6 is 0 Å². The number of alkyl halides is 3. The number of phenolic OH excluding ortho intramolecular Hbond substituents is 1. The molecule has 2 aromatic carbocycles. The SMILES string of the molecule is CS(=O)(=O)N1CCN(c2cc3cnn(-c4cc(O)c(F)c(C(F)(F)F)c4)c3cc2F)CC1. The number of rotatable bonds is 3. The van der Waals surface area contributed by atoms with Gasteiger partial charge in [-0.1, -0.05) is 0 Å². The second kappa shape index (κ2) is 7.59. The zero-order chi connectivity index (χ0) is 23.4. The smallest absolute Gasteiger partial charge is 0.419 e. The summed E-state index contributed by atoms with van der Waals surface area (Å²) in [5.74, 6) is -3.70. The first-order valence-electron chi connectivity index (χ1n) is 9.33. The van der Waals surface area contributed by atoms with E-state index in [0.29, 0.717) is 11.5 Å². The van der Waals surface area contributed by atoms with Crippen molar-refractivity contribution in [2.75, 3.05) is 37.3 Å². The van der Waals surface area contributed by atoms with Crippen LogP contribution in [0.4, 0.5) is 27.6 Å². The van der Waals surface area contributed by atoms with Gasteiger partial charge in [-0.2, -0.15) is 22.6 Å². The topological polar surface area (TPSA) is 78.7 Å². The molecule has 0 bridgehead atoms. The van der Waals surface area contributed by atoms with Crippen molar-refractivity contribution in [2.24, 2.45) is 0 Å². The first-order valence-corrected chi connectivity index (χ1v) is 11.2. The van der Waals surface area contributed by atoms with Gasteiger partial charge < -0.3 is 10.0 Å². The van der Waals surface area contributed by atoms with Crippen LogP contribution in [0.2, 0.25) is 0 Å². The van der Waals surface area contributed by atoms with Gasteiger partial charge in [0.05, 0.1) is 34.9 Å². The first-order chi connectivity index (χ1) is 14.9. The molecule has 0 unspecified atom stereocenters. The van der Waals surface area contributed by atoms with Gasteiger partial charge >= 0.3 is 6.18 Å². The third-order valence-corrected chi connectivity index (χ3v) is 6.58. The number of sulfonamides is 1. The van der Waals surface area contributed by atoms with Crippen LogP contribution in [-0.4, -0.2) is 60.0 Å². The van der Waals surface area contributed by atoms with Crippen LogP contribution < -0.4 is 4.90 Å². The van der Waals surface area contributed by atoms with Crippen molar-refractivity contribution in [1.82, 2.24) is 14.1 Å². The molecule has 1 N–H and O–H groups in total. The predicted molar refractivity (Wildman–Crippen MR) is 106 cm³/mol. The Morgan fingerprint density at radius 1 is 1.03 bits per heavy atom. The number of piperazine rings is 1. The lowest BCUT2D eigenvalue weighted by atomic mass is 10.1. The Bertz CT molecular complexity index is 1300. The summed E-state index contributed by atoms with van der Waals surface area (Å²) < 4.78 is 93.5. The van der Waals surface area contributed by atoms with E-state index in [9.17, 15) is 35.5 Å². The maximum absolute atomic E-state index is 14.9. The fraction of sp³-hybridized carbons (Fsp3) is 0.316. The third kappa shape index (κ3) is 3.97. The summed E-state index contributed by atoms with van der Waals surface area (Å²) in [6.45, 7) is 0.879. The Balaban J connectivity index is 1.71. The van der Waals surface area contributed by atoms with Crippen LogP contribution in [-0.2, 0) is 16.2 Å². The molecule has 13 heteroatoms. The summed E-state index contributed by atoms with van der Waals surface area (Å²) in [5.41, 5.74) is -1.65. The molecule has 3 aromatic rings. The average molecular weight is 476 g/mol. The van der Waals surface area contributed by atoms with Crippen LogP contribution in [0.1, 0.15) is 5.56 Å². The van der Waals surface area contributed by atoms with Crippen LogP contribution in [0, 0.1) is 11.6 Å². The Hall–Kier alpha value is -2.93. The minimum atomic E-state index is -5.05. The summed E-state index contributed by atoms with van der Waals surface area (Å²) in [5, 5.41) is 14.0. The molecule has 4 rings (SSSR count). The number of fused-ring (bicyclic) bond motifs is 1. The van der Waals surface area contributed by atoms with Crippen molar-refractivity contribution in [1.29, 1.82) is 0 Å². The fourth-order valence-electron chi connectivity index (χ4n) is 3.67. The van der Waals surface area contributed by atoms with Gasteiger partial charge in [-0.15, -0.1) is 0 Å². The minimum absolute atomic E-state index is 0.111. The lowest BCUT2D eigenvalue weighted by Crippen LogP contribution is -2.48. The van der Waals surface area contributed by atoms with Gasteiger partial charge in [0, 0.05) is 43.7 Å². The molecule has 0 saturated carbocycles. The highest BCUT2D eigenvalue weighted by Gasteiger charge is 2.36. The van der Waals surface area contributed by atoms with Gasteiger partial charge in [-0.05, 0) is 12.1 Å². The van der Waals surface area contributed by atoms with E-state index in [1.54, 1.807) is 4.90 Å². The third-order valence-electron chi connectivity index (χ3n) is 5.27. The molecule has 1 saturated heterocycles. The molecule has 1 aliphatic rings. The monoisotopic (exact) mass is 476 g/mol. The fourth-order valence-corrected chi connectivity index (χ4v) is 4.49. The van der Waals surface area contributed by atoms with E-state index in [0.717, 1.165) is 23.1 Å². The largest absolute Gasteiger partial charge is 0.505 e. The summed E-state index contributed by atoms with van der Waals surface area (Å²) in [6.07, 6.45) is -2.65. The Labute approximate surface area is 179 Å². The number of phenols is 1.